The molecule has 0 radical (unpaired) electrons. The first-order chi connectivity index (χ1) is 13.2. The monoisotopic (exact) mass is 363 g/mol. The van der Waals surface area contributed by atoms with Crippen LogP contribution in [0.4, 0.5) is 0 Å². The average Bonchev–Trinajstić information content (AvgIpc) is 3.39. The number of aliphatic imine (C=N–C) groups is 1. The van der Waals surface area contributed by atoms with E-state index in [1.165, 1.54) is 49.9 Å². The Morgan fingerprint density at radius 2 is 1.81 bits per heavy atom. The molecule has 4 rings (SSSR count). The fourth-order valence-electron chi connectivity index (χ4n) is 3.96. The van der Waals surface area contributed by atoms with E-state index < -0.39 is 0 Å². The van der Waals surface area contributed by atoms with E-state index in [0.29, 0.717) is 5.92 Å². The first-order valence-electron chi connectivity index (χ1n) is 10.2. The van der Waals surface area contributed by atoms with Crippen LogP contribution in [-0.4, -0.2) is 22.8 Å². The molecule has 0 spiro atoms. The molecule has 27 heavy (non-hydrogen) atoms. The zero-order chi connectivity index (χ0) is 18.6. The van der Waals surface area contributed by atoms with Crippen LogP contribution in [-0.2, 0) is 11.2 Å². The highest BCUT2D eigenvalue weighted by atomic mass is 16.5. The van der Waals surface area contributed by atoms with Crippen molar-refractivity contribution >= 4 is 11.8 Å². The molecule has 0 fully saturated rings. The van der Waals surface area contributed by atoms with Crippen molar-refractivity contribution < 1.29 is 4.74 Å². The van der Waals surface area contributed by atoms with Gasteiger partial charge in [-0.3, -0.25) is 0 Å². The fourth-order valence-corrected chi connectivity index (χ4v) is 3.96. The second kappa shape index (κ2) is 8.03. The van der Waals surface area contributed by atoms with E-state index >= 15 is 0 Å². The minimum Gasteiger partial charge on any atom is -0.494 e. The van der Waals surface area contributed by atoms with Gasteiger partial charge in [-0.1, -0.05) is 32.6 Å². The highest BCUT2D eigenvalue weighted by Gasteiger charge is 2.19. The number of hydrogen-bond acceptors (Lipinski definition) is 2. The van der Waals surface area contributed by atoms with Gasteiger partial charge in [-0.05, 0) is 55.5 Å². The summed E-state index contributed by atoms with van der Waals surface area (Å²) in [6.45, 7) is 2.31. The Hall–Kier alpha value is -2.49. The van der Waals surface area contributed by atoms with Crippen molar-refractivity contribution in [2.75, 3.05) is 7.11 Å². The number of nitrogens with one attached hydrogen (secondary N) is 2. The van der Waals surface area contributed by atoms with Gasteiger partial charge in [0.1, 0.15) is 11.5 Å². The van der Waals surface area contributed by atoms with Crippen LogP contribution in [0.5, 0.6) is 0 Å². The lowest BCUT2D eigenvalue weighted by Crippen LogP contribution is -1.98. The molecular formula is C23H29N3O. The molecule has 2 aliphatic heterocycles. The Labute approximate surface area is 161 Å². The maximum Gasteiger partial charge on any atom is 0.146 e. The van der Waals surface area contributed by atoms with Gasteiger partial charge < -0.3 is 14.7 Å². The van der Waals surface area contributed by atoms with Crippen molar-refractivity contribution in [2.45, 2.75) is 57.8 Å². The van der Waals surface area contributed by atoms with Crippen LogP contribution >= 0.6 is 0 Å². The van der Waals surface area contributed by atoms with Crippen LogP contribution in [0.2, 0.25) is 0 Å². The number of fused-ring (bicyclic) bond motifs is 6. The van der Waals surface area contributed by atoms with E-state index in [0.717, 1.165) is 35.0 Å². The molecule has 2 aromatic heterocycles. The fraction of sp³-hybridized carbons (Fsp3) is 0.435. The molecule has 0 aliphatic carbocycles. The number of aromatic amines is 2. The normalized spacial score (nSPS) is 22.9. The Morgan fingerprint density at radius 1 is 0.963 bits per heavy atom. The van der Waals surface area contributed by atoms with Crippen molar-refractivity contribution in [1.82, 2.24) is 9.97 Å². The number of nitrogens with zero attached hydrogens (tertiary/aromatic N) is 1. The van der Waals surface area contributed by atoms with Gasteiger partial charge in [0.15, 0.2) is 0 Å². The topological polar surface area (TPSA) is 53.2 Å². The van der Waals surface area contributed by atoms with Gasteiger partial charge in [-0.15, -0.1) is 0 Å². The predicted octanol–water partition coefficient (Wildman–Crippen LogP) is 5.72. The first kappa shape index (κ1) is 17.9. The molecule has 2 aliphatic rings. The van der Waals surface area contributed by atoms with Gasteiger partial charge in [0, 0.05) is 23.2 Å². The lowest BCUT2D eigenvalue weighted by atomic mass is 9.99. The van der Waals surface area contributed by atoms with Crippen LogP contribution in [0.25, 0.3) is 6.08 Å². The molecule has 0 aromatic carbocycles. The minimum atomic E-state index is 0.552. The summed E-state index contributed by atoms with van der Waals surface area (Å²) >= 11 is 0. The van der Waals surface area contributed by atoms with E-state index in [-0.39, 0.29) is 0 Å². The SMILES string of the molecule is COC1=CC2=N/C1=C\c1ccc([nH]1)CCCCCCCC(C)c1ccc2[nH]1. The Kier molecular flexibility index (Phi) is 5.33. The van der Waals surface area contributed by atoms with Gasteiger partial charge >= 0.3 is 0 Å². The largest absolute Gasteiger partial charge is 0.494 e. The minimum absolute atomic E-state index is 0.552. The summed E-state index contributed by atoms with van der Waals surface area (Å²) in [5, 5.41) is 0. The highest BCUT2D eigenvalue weighted by Crippen LogP contribution is 2.27. The van der Waals surface area contributed by atoms with Gasteiger partial charge in [-0.25, -0.2) is 4.99 Å². The summed E-state index contributed by atoms with van der Waals surface area (Å²) in [6, 6.07) is 8.66. The highest BCUT2D eigenvalue weighted by molar-refractivity contribution is 6.11. The molecule has 0 saturated carbocycles. The van der Waals surface area contributed by atoms with E-state index in [4.69, 9.17) is 9.73 Å². The summed E-state index contributed by atoms with van der Waals surface area (Å²) in [4.78, 5) is 11.9. The molecule has 4 heterocycles. The van der Waals surface area contributed by atoms with Crippen LogP contribution in [0, 0.1) is 0 Å². The third kappa shape index (κ3) is 4.10. The standard InChI is InChI=1S/C23H29N3O/c1-16-8-6-4-3-5-7-9-17-10-11-18(24-17)14-22-23(27-2)15-21(26-22)20-13-12-19(16)25-20/h10-16,24-25H,3-9H2,1-2H3/b22-14-. The van der Waals surface area contributed by atoms with E-state index in [2.05, 4.69) is 47.2 Å². The zero-order valence-electron chi connectivity index (χ0n) is 16.3. The number of aromatic nitrogens is 2. The van der Waals surface area contributed by atoms with Gasteiger partial charge in [0.25, 0.3) is 0 Å². The molecule has 2 aromatic rings. The Morgan fingerprint density at radius 3 is 2.70 bits per heavy atom. The van der Waals surface area contributed by atoms with Gasteiger partial charge in [-0.2, -0.15) is 0 Å². The second-order valence-corrected chi connectivity index (χ2v) is 7.71. The quantitative estimate of drug-likeness (QED) is 0.669. The summed E-state index contributed by atoms with van der Waals surface area (Å²) in [7, 11) is 1.70. The lowest BCUT2D eigenvalue weighted by molar-refractivity contribution is 0.303. The predicted molar refractivity (Wildman–Crippen MR) is 111 cm³/mol. The molecule has 142 valence electrons. The smallest absolute Gasteiger partial charge is 0.146 e. The third-order valence-electron chi connectivity index (χ3n) is 5.64. The molecule has 4 heteroatoms. The number of ether oxygens (including phenoxy) is 1. The molecule has 2 N–H and O–H groups in total. The average molecular weight is 364 g/mol. The maximum absolute atomic E-state index is 5.57. The van der Waals surface area contributed by atoms with E-state index in [1.54, 1.807) is 7.11 Å². The van der Waals surface area contributed by atoms with Crippen molar-refractivity contribution in [3.63, 3.8) is 0 Å². The number of hydrogen-bond donors (Lipinski definition) is 2. The number of allylic oxidation sites excluding steroid dienone is 1. The van der Waals surface area contributed by atoms with Crippen molar-refractivity contribution in [1.29, 1.82) is 0 Å². The Balaban J connectivity index is 1.66. The molecule has 1 unspecified atom stereocenters. The van der Waals surface area contributed by atoms with Crippen molar-refractivity contribution in [2.24, 2.45) is 4.99 Å². The Bertz CT molecular complexity index is 881. The molecule has 6 bridgehead atoms. The molecular weight excluding hydrogens is 334 g/mol. The zero-order valence-corrected chi connectivity index (χ0v) is 16.3. The second-order valence-electron chi connectivity index (χ2n) is 7.71. The van der Waals surface area contributed by atoms with Crippen LogP contribution < -0.4 is 0 Å². The van der Waals surface area contributed by atoms with Crippen LogP contribution in [0.15, 0.2) is 46.8 Å². The van der Waals surface area contributed by atoms with E-state index in [9.17, 15) is 0 Å². The van der Waals surface area contributed by atoms with Crippen molar-refractivity contribution in [3.05, 3.63) is 64.6 Å². The lowest BCUT2D eigenvalue weighted by Gasteiger charge is -2.09. The summed E-state index contributed by atoms with van der Waals surface area (Å²) in [5.74, 6) is 1.36. The number of methoxy groups -OCH3 is 1. The van der Waals surface area contributed by atoms with Gasteiger partial charge in [0.05, 0.1) is 18.5 Å². The van der Waals surface area contributed by atoms with Crippen molar-refractivity contribution in [3.8, 4) is 0 Å². The number of H-pyrrole nitrogens is 2. The molecule has 0 saturated heterocycles. The molecule has 1 atom stereocenters. The third-order valence-corrected chi connectivity index (χ3v) is 5.64. The molecule has 4 nitrogen and oxygen atoms in total. The number of aryl methyl sites for hydroxylation is 1. The number of rotatable bonds is 1. The van der Waals surface area contributed by atoms with Gasteiger partial charge in [0.2, 0.25) is 0 Å². The van der Waals surface area contributed by atoms with Crippen LogP contribution in [0.3, 0.4) is 0 Å². The van der Waals surface area contributed by atoms with E-state index in [1.807, 2.05) is 6.08 Å². The summed E-state index contributed by atoms with van der Waals surface area (Å²) in [6.07, 6.45) is 12.9. The summed E-state index contributed by atoms with van der Waals surface area (Å²) < 4.78 is 5.57. The van der Waals surface area contributed by atoms with Crippen LogP contribution in [0.1, 0.15) is 74.1 Å². The maximum atomic E-state index is 5.57. The molecule has 0 amide bonds. The first-order valence-corrected chi connectivity index (χ1v) is 10.2. The summed E-state index contributed by atoms with van der Waals surface area (Å²) in [5.41, 5.74) is 6.54.